The van der Waals surface area contributed by atoms with Gasteiger partial charge in [0.05, 0.1) is 0 Å². The Bertz CT molecular complexity index is 381. The largest absolute Gasteiger partial charge is 0.384 e. The predicted molar refractivity (Wildman–Crippen MR) is 57.1 cm³/mol. The molecule has 1 aromatic carbocycles. The van der Waals surface area contributed by atoms with Crippen molar-refractivity contribution >= 4 is 15.9 Å². The van der Waals surface area contributed by atoms with Gasteiger partial charge >= 0.3 is 0 Å². The van der Waals surface area contributed by atoms with E-state index in [1.165, 1.54) is 0 Å². The van der Waals surface area contributed by atoms with Crippen molar-refractivity contribution in [1.82, 2.24) is 0 Å². The molecular formula is C11H11BrF2O. The van der Waals surface area contributed by atoms with Crippen molar-refractivity contribution in [3.05, 3.63) is 33.8 Å². The monoisotopic (exact) mass is 276 g/mol. The molecule has 0 aromatic heterocycles. The molecule has 0 aliphatic heterocycles. The molecule has 1 unspecified atom stereocenters. The van der Waals surface area contributed by atoms with Crippen LogP contribution >= 0.6 is 15.9 Å². The van der Waals surface area contributed by atoms with Crippen molar-refractivity contribution in [3.63, 3.8) is 0 Å². The number of aliphatic hydroxyl groups is 1. The molecule has 0 saturated carbocycles. The molecule has 1 aliphatic rings. The first-order chi connectivity index (χ1) is 7.01. The van der Waals surface area contributed by atoms with Gasteiger partial charge in [-0.2, -0.15) is 0 Å². The SMILES string of the molecule is OC1(C(F)F)CCc2cc(Br)ccc2C1. The van der Waals surface area contributed by atoms with E-state index in [-0.39, 0.29) is 12.8 Å². The summed E-state index contributed by atoms with van der Waals surface area (Å²) < 4.78 is 26.2. The molecule has 0 fully saturated rings. The molecule has 1 aliphatic carbocycles. The summed E-state index contributed by atoms with van der Waals surface area (Å²) in [6, 6.07) is 5.54. The minimum atomic E-state index is -2.67. The molecule has 4 heteroatoms. The third kappa shape index (κ3) is 2.06. The van der Waals surface area contributed by atoms with Crippen LogP contribution in [0.4, 0.5) is 8.78 Å². The molecule has 0 amide bonds. The first-order valence-electron chi connectivity index (χ1n) is 4.79. The van der Waals surface area contributed by atoms with Crippen molar-refractivity contribution in [1.29, 1.82) is 0 Å². The minimum absolute atomic E-state index is 0.0489. The average molecular weight is 277 g/mol. The van der Waals surface area contributed by atoms with Crippen LogP contribution in [0.2, 0.25) is 0 Å². The van der Waals surface area contributed by atoms with Gasteiger partial charge in [-0.05, 0) is 36.1 Å². The number of hydrogen-bond acceptors (Lipinski definition) is 1. The van der Waals surface area contributed by atoms with E-state index in [9.17, 15) is 13.9 Å². The predicted octanol–water partition coefficient (Wildman–Crippen LogP) is 2.93. The molecular weight excluding hydrogens is 266 g/mol. The lowest BCUT2D eigenvalue weighted by Crippen LogP contribution is -2.42. The lowest BCUT2D eigenvalue weighted by atomic mass is 9.81. The Balaban J connectivity index is 2.31. The van der Waals surface area contributed by atoms with Gasteiger partial charge in [-0.3, -0.25) is 0 Å². The summed E-state index contributed by atoms with van der Waals surface area (Å²) in [6.07, 6.45) is -1.98. The Morgan fingerprint density at radius 1 is 1.33 bits per heavy atom. The van der Waals surface area contributed by atoms with Gasteiger partial charge in [0.15, 0.2) is 0 Å². The van der Waals surface area contributed by atoms with Crippen LogP contribution in [-0.2, 0) is 12.8 Å². The molecule has 82 valence electrons. The van der Waals surface area contributed by atoms with E-state index < -0.39 is 12.0 Å². The summed E-state index contributed by atoms with van der Waals surface area (Å²) in [4.78, 5) is 0. The number of benzene rings is 1. The topological polar surface area (TPSA) is 20.2 Å². The highest BCUT2D eigenvalue weighted by Gasteiger charge is 2.40. The van der Waals surface area contributed by atoms with E-state index in [1.54, 1.807) is 6.07 Å². The number of hydrogen-bond donors (Lipinski definition) is 1. The maximum absolute atomic E-state index is 12.6. The fraction of sp³-hybridized carbons (Fsp3) is 0.455. The standard InChI is InChI=1S/C11H11BrF2O/c12-9-2-1-8-6-11(15,10(13)14)4-3-7(8)5-9/h1-2,5,10,15H,3-4,6H2. The zero-order chi connectivity index (χ0) is 11.1. The van der Waals surface area contributed by atoms with Gasteiger partial charge in [0, 0.05) is 10.9 Å². The summed E-state index contributed by atoms with van der Waals surface area (Å²) in [6.45, 7) is 0. The van der Waals surface area contributed by atoms with Gasteiger partial charge < -0.3 is 5.11 Å². The maximum atomic E-state index is 12.6. The number of fused-ring (bicyclic) bond motifs is 1. The highest BCUT2D eigenvalue weighted by molar-refractivity contribution is 9.10. The van der Waals surface area contributed by atoms with Crippen LogP contribution in [0.1, 0.15) is 17.5 Å². The zero-order valence-corrected chi connectivity index (χ0v) is 9.60. The molecule has 2 rings (SSSR count). The average Bonchev–Trinajstić information content (AvgIpc) is 2.18. The number of rotatable bonds is 1. The van der Waals surface area contributed by atoms with E-state index in [0.29, 0.717) is 6.42 Å². The van der Waals surface area contributed by atoms with Gasteiger partial charge in [0.2, 0.25) is 0 Å². The van der Waals surface area contributed by atoms with E-state index in [4.69, 9.17) is 0 Å². The number of aryl methyl sites for hydroxylation is 1. The Kier molecular flexibility index (Phi) is 2.81. The van der Waals surface area contributed by atoms with Crippen LogP contribution in [0.3, 0.4) is 0 Å². The Hall–Kier alpha value is -0.480. The summed E-state index contributed by atoms with van der Waals surface area (Å²) in [5, 5.41) is 9.70. The Morgan fingerprint density at radius 3 is 2.73 bits per heavy atom. The van der Waals surface area contributed by atoms with Gasteiger partial charge in [-0.15, -0.1) is 0 Å². The second-order valence-electron chi connectivity index (χ2n) is 3.99. The molecule has 0 radical (unpaired) electrons. The third-order valence-electron chi connectivity index (χ3n) is 2.90. The lowest BCUT2D eigenvalue weighted by molar-refractivity contribution is -0.103. The smallest absolute Gasteiger partial charge is 0.267 e. The van der Waals surface area contributed by atoms with Gasteiger partial charge in [0.25, 0.3) is 6.43 Å². The highest BCUT2D eigenvalue weighted by atomic mass is 79.9. The molecule has 1 atom stereocenters. The Labute approximate surface area is 95.2 Å². The van der Waals surface area contributed by atoms with E-state index in [2.05, 4.69) is 15.9 Å². The number of halogens is 3. The van der Waals surface area contributed by atoms with Crippen LogP contribution in [0.15, 0.2) is 22.7 Å². The van der Waals surface area contributed by atoms with E-state index in [1.807, 2.05) is 12.1 Å². The second-order valence-corrected chi connectivity index (χ2v) is 4.91. The van der Waals surface area contributed by atoms with Crippen molar-refractivity contribution < 1.29 is 13.9 Å². The summed E-state index contributed by atoms with van der Waals surface area (Å²) in [5.74, 6) is 0. The van der Waals surface area contributed by atoms with Crippen LogP contribution in [0.25, 0.3) is 0 Å². The van der Waals surface area contributed by atoms with Crippen molar-refractivity contribution in [2.45, 2.75) is 31.3 Å². The third-order valence-corrected chi connectivity index (χ3v) is 3.39. The molecule has 1 nitrogen and oxygen atoms in total. The van der Waals surface area contributed by atoms with Gasteiger partial charge in [-0.25, -0.2) is 8.78 Å². The Morgan fingerprint density at radius 2 is 2.07 bits per heavy atom. The van der Waals surface area contributed by atoms with Gasteiger partial charge in [-0.1, -0.05) is 22.0 Å². The first-order valence-corrected chi connectivity index (χ1v) is 5.58. The normalized spacial score (nSPS) is 25.4. The summed E-state index contributed by atoms with van der Waals surface area (Å²) in [7, 11) is 0. The molecule has 15 heavy (non-hydrogen) atoms. The highest BCUT2D eigenvalue weighted by Crippen LogP contribution is 2.34. The molecule has 0 saturated heterocycles. The molecule has 1 N–H and O–H groups in total. The molecule has 0 heterocycles. The molecule has 0 spiro atoms. The first kappa shape index (κ1) is 11.0. The molecule has 0 bridgehead atoms. The van der Waals surface area contributed by atoms with Crippen LogP contribution in [0.5, 0.6) is 0 Å². The summed E-state index contributed by atoms with van der Waals surface area (Å²) in [5.41, 5.74) is 0.0443. The van der Waals surface area contributed by atoms with Crippen LogP contribution in [0, 0.1) is 0 Å². The van der Waals surface area contributed by atoms with E-state index in [0.717, 1.165) is 15.6 Å². The van der Waals surface area contributed by atoms with Crippen LogP contribution in [-0.4, -0.2) is 17.1 Å². The van der Waals surface area contributed by atoms with E-state index >= 15 is 0 Å². The molecule has 1 aromatic rings. The van der Waals surface area contributed by atoms with Crippen molar-refractivity contribution in [3.8, 4) is 0 Å². The summed E-state index contributed by atoms with van der Waals surface area (Å²) >= 11 is 3.34. The minimum Gasteiger partial charge on any atom is -0.384 e. The zero-order valence-electron chi connectivity index (χ0n) is 8.01. The van der Waals surface area contributed by atoms with Crippen molar-refractivity contribution in [2.24, 2.45) is 0 Å². The lowest BCUT2D eigenvalue weighted by Gasteiger charge is -2.32. The number of alkyl halides is 2. The second kappa shape index (κ2) is 3.83. The fourth-order valence-corrected chi connectivity index (χ4v) is 2.36. The fourth-order valence-electron chi connectivity index (χ4n) is 1.96. The quantitative estimate of drug-likeness (QED) is 0.836. The van der Waals surface area contributed by atoms with Gasteiger partial charge in [0.1, 0.15) is 5.60 Å². The van der Waals surface area contributed by atoms with Crippen molar-refractivity contribution in [2.75, 3.05) is 0 Å². The van der Waals surface area contributed by atoms with Crippen LogP contribution < -0.4 is 0 Å². The maximum Gasteiger partial charge on any atom is 0.267 e.